The Kier molecular flexibility index (Phi) is 8.85. The predicted octanol–water partition coefficient (Wildman–Crippen LogP) is 5.04. The van der Waals surface area contributed by atoms with Crippen LogP contribution >= 0.6 is 0 Å². The van der Waals surface area contributed by atoms with Gasteiger partial charge >= 0.3 is 5.97 Å². The average molecular weight is 554 g/mol. The average Bonchev–Trinajstić information content (AvgIpc) is 2.89. The summed E-state index contributed by atoms with van der Waals surface area (Å²) < 4.78 is 18.5. The summed E-state index contributed by atoms with van der Waals surface area (Å²) in [6.45, 7) is 9.06. The van der Waals surface area contributed by atoms with Crippen LogP contribution in [0.4, 0.5) is 5.69 Å². The minimum Gasteiger partial charge on any atom is -0.508 e. The minimum absolute atomic E-state index is 0.00254. The second-order valence-corrected chi connectivity index (χ2v) is 11.2. The maximum atomic E-state index is 13.1. The highest BCUT2D eigenvalue weighted by atomic mass is 16.7. The molecule has 3 N–H and O–H groups in total. The largest absolute Gasteiger partial charge is 0.508 e. The lowest BCUT2D eigenvalue weighted by atomic mass is 9.82. The fraction of sp³-hybridized carbons (Fsp3) is 0.516. The smallest absolute Gasteiger partial charge is 0.334 e. The van der Waals surface area contributed by atoms with E-state index in [9.17, 15) is 24.6 Å². The number of rotatable bonds is 3. The number of aliphatic hydroxyl groups excluding tert-OH is 1. The van der Waals surface area contributed by atoms with Gasteiger partial charge in [0.1, 0.15) is 29.8 Å². The van der Waals surface area contributed by atoms with Crippen molar-refractivity contribution >= 4 is 23.3 Å². The van der Waals surface area contributed by atoms with Crippen molar-refractivity contribution in [2.45, 2.75) is 90.8 Å². The first-order chi connectivity index (χ1) is 18.9. The Bertz CT molecular complexity index is 1260. The van der Waals surface area contributed by atoms with Gasteiger partial charge in [0.15, 0.2) is 5.75 Å². The molecule has 1 fully saturated rings. The van der Waals surface area contributed by atoms with Crippen molar-refractivity contribution in [1.29, 1.82) is 0 Å². The number of amides is 1. The van der Waals surface area contributed by atoms with Crippen LogP contribution in [0.5, 0.6) is 11.5 Å². The molecule has 4 rings (SSSR count). The highest BCUT2D eigenvalue weighted by Crippen LogP contribution is 2.53. The van der Waals surface area contributed by atoms with Crippen LogP contribution < -0.4 is 10.1 Å². The number of Topliss-reactive ketones (excluding diaryl/α,β-unsaturated/α-hetero) is 1. The Morgan fingerprint density at radius 1 is 1.23 bits per heavy atom. The highest BCUT2D eigenvalue weighted by Gasteiger charge is 2.52. The van der Waals surface area contributed by atoms with Gasteiger partial charge in [-0.3, -0.25) is 9.59 Å². The zero-order valence-electron chi connectivity index (χ0n) is 23.7. The zero-order chi connectivity index (χ0) is 29.2. The third kappa shape index (κ3) is 6.47. The molecule has 3 aliphatic rings. The molecule has 0 saturated carbocycles. The second kappa shape index (κ2) is 12.0. The van der Waals surface area contributed by atoms with Gasteiger partial charge in [-0.2, -0.15) is 0 Å². The Morgan fingerprint density at radius 3 is 2.67 bits per heavy atom. The number of phenols is 1. The molecule has 216 valence electrons. The van der Waals surface area contributed by atoms with Crippen LogP contribution in [0.25, 0.3) is 0 Å². The van der Waals surface area contributed by atoms with E-state index in [1.54, 1.807) is 26.0 Å². The summed E-state index contributed by atoms with van der Waals surface area (Å²) in [5.41, 5.74) is 1.87. The number of allylic oxidation sites excluding steroid dienone is 2. The predicted molar refractivity (Wildman–Crippen MR) is 149 cm³/mol. The first-order valence-corrected chi connectivity index (χ1v) is 13.9. The Hall–Kier alpha value is -3.43. The van der Waals surface area contributed by atoms with Gasteiger partial charge < -0.3 is 29.7 Å². The fourth-order valence-electron chi connectivity index (χ4n) is 5.32. The van der Waals surface area contributed by atoms with Crippen molar-refractivity contribution in [1.82, 2.24) is 0 Å². The molecule has 1 aromatic carbocycles. The summed E-state index contributed by atoms with van der Waals surface area (Å²) in [4.78, 5) is 38.8. The van der Waals surface area contributed by atoms with Crippen molar-refractivity contribution in [2.24, 2.45) is 11.8 Å². The molecular formula is C31H39NO8. The van der Waals surface area contributed by atoms with E-state index in [0.29, 0.717) is 24.2 Å². The molecule has 3 heterocycles. The van der Waals surface area contributed by atoms with Crippen LogP contribution in [-0.2, 0) is 23.9 Å². The molecule has 1 saturated heterocycles. The van der Waals surface area contributed by atoms with Gasteiger partial charge in [0.2, 0.25) is 11.7 Å². The number of aromatic hydroxyl groups is 1. The summed E-state index contributed by atoms with van der Waals surface area (Å²) in [5, 5.41) is 24.0. The van der Waals surface area contributed by atoms with E-state index in [1.807, 2.05) is 26.8 Å². The molecule has 3 aliphatic heterocycles. The third-order valence-corrected chi connectivity index (χ3v) is 7.71. The molecule has 9 heteroatoms. The molecule has 9 nitrogen and oxygen atoms in total. The normalized spacial score (nSPS) is 31.1. The summed E-state index contributed by atoms with van der Waals surface area (Å²) in [5.74, 6) is -2.46. The Labute approximate surface area is 234 Å². The molecule has 0 radical (unpaired) electrons. The molecule has 0 aliphatic carbocycles. The number of aliphatic hydroxyl groups is 1. The maximum absolute atomic E-state index is 13.1. The van der Waals surface area contributed by atoms with Gasteiger partial charge in [-0.05, 0) is 51.7 Å². The number of cyclic esters (lactones) is 1. The Morgan fingerprint density at radius 2 is 1.98 bits per heavy atom. The van der Waals surface area contributed by atoms with E-state index in [-0.39, 0.29) is 41.6 Å². The molecule has 1 aromatic rings. The van der Waals surface area contributed by atoms with Gasteiger partial charge in [-0.15, -0.1) is 0 Å². The van der Waals surface area contributed by atoms with Crippen molar-refractivity contribution in [3.05, 3.63) is 53.1 Å². The van der Waals surface area contributed by atoms with Crippen LogP contribution in [0.2, 0.25) is 0 Å². The van der Waals surface area contributed by atoms with Crippen LogP contribution in [0, 0.1) is 11.8 Å². The monoisotopic (exact) mass is 553 g/mol. The second-order valence-electron chi connectivity index (χ2n) is 11.2. The van der Waals surface area contributed by atoms with Crippen molar-refractivity contribution in [2.75, 3.05) is 5.32 Å². The number of hydrogen-bond acceptors (Lipinski definition) is 8. The van der Waals surface area contributed by atoms with Gasteiger partial charge in [-0.25, -0.2) is 4.79 Å². The summed E-state index contributed by atoms with van der Waals surface area (Å²) in [7, 11) is 0. The van der Waals surface area contributed by atoms with E-state index in [0.717, 1.165) is 12.0 Å². The first kappa shape index (κ1) is 29.6. The minimum atomic E-state index is -1.23. The van der Waals surface area contributed by atoms with Crippen molar-refractivity contribution < 1.29 is 38.8 Å². The molecule has 1 spiro atoms. The summed E-state index contributed by atoms with van der Waals surface area (Å²) >= 11 is 0. The van der Waals surface area contributed by atoms with E-state index < -0.39 is 41.9 Å². The van der Waals surface area contributed by atoms with E-state index >= 15 is 0 Å². The number of nitrogens with one attached hydrogen (secondary N) is 1. The van der Waals surface area contributed by atoms with Gasteiger partial charge in [0.25, 0.3) is 0 Å². The number of hydrogen-bond donors (Lipinski definition) is 3. The standard InChI is InChI=1S/C31H39NO8/c1-6-20-8-9-26(24(34)13-17(2)3)38-30(37)18(4)7-10-27(36)32-23-15-21(33)14-22-28-19(5)25(35)16-31(39-28,12-11-20)40-29(22)23/h7-9,13-15,19-20,24,26,28,33-34H,6,10-12,16H2,1-5H3,(H,32,36)/b9-8?,18-7+/t19-,20+,24+,26+,28+,31+/m1/s1. The molecule has 0 unspecified atom stereocenters. The number of esters is 1. The number of ether oxygens (including phenoxy) is 3. The number of fused-ring (bicyclic) bond motifs is 2. The number of phenolic OH excluding ortho intramolecular Hbond substituents is 1. The van der Waals surface area contributed by atoms with Crippen molar-refractivity contribution in [3.8, 4) is 11.5 Å². The summed E-state index contributed by atoms with van der Waals surface area (Å²) in [6, 6.07) is 2.91. The topological polar surface area (TPSA) is 131 Å². The Balaban J connectivity index is 1.76. The first-order valence-electron chi connectivity index (χ1n) is 13.9. The number of benzene rings is 1. The van der Waals surface area contributed by atoms with Gasteiger partial charge in [0, 0.05) is 36.0 Å². The zero-order valence-corrected chi connectivity index (χ0v) is 23.7. The number of ketones is 1. The maximum Gasteiger partial charge on any atom is 0.334 e. The van der Waals surface area contributed by atoms with Crippen LogP contribution in [0.3, 0.4) is 0 Å². The molecule has 0 aromatic heterocycles. The highest BCUT2D eigenvalue weighted by molar-refractivity contribution is 5.96. The van der Waals surface area contributed by atoms with E-state index in [2.05, 4.69) is 5.32 Å². The molecule has 1 amide bonds. The number of carbonyl (C=O) groups is 3. The van der Waals surface area contributed by atoms with Gasteiger partial charge in [-0.1, -0.05) is 37.6 Å². The molecular weight excluding hydrogens is 514 g/mol. The number of anilines is 1. The SMILES string of the molecule is CC[C@H]1C=C[C@@H]([C@@H](O)C=C(C)C)OC(=O)/C(C)=C/CC(=O)Nc2cc(O)cc3c2O[C@@]2(CC1)CC(=O)[C@@H](C)[C@@H]3O2. The fourth-order valence-corrected chi connectivity index (χ4v) is 5.32. The molecule has 6 atom stereocenters. The molecule has 3 bridgehead atoms. The van der Waals surface area contributed by atoms with Crippen LogP contribution in [0.1, 0.15) is 78.4 Å². The van der Waals surface area contributed by atoms with Crippen LogP contribution in [0.15, 0.2) is 47.6 Å². The lowest BCUT2D eigenvalue weighted by molar-refractivity contribution is -0.261. The third-order valence-electron chi connectivity index (χ3n) is 7.71. The lowest BCUT2D eigenvalue weighted by Gasteiger charge is -2.48. The summed E-state index contributed by atoms with van der Waals surface area (Å²) in [6.07, 6.45) is 5.73. The van der Waals surface area contributed by atoms with Crippen molar-refractivity contribution in [3.63, 3.8) is 0 Å². The van der Waals surface area contributed by atoms with E-state index in [4.69, 9.17) is 14.2 Å². The molecule has 40 heavy (non-hydrogen) atoms. The quantitative estimate of drug-likeness (QED) is 0.351. The van der Waals surface area contributed by atoms with Crippen LogP contribution in [-0.4, -0.2) is 45.9 Å². The van der Waals surface area contributed by atoms with Gasteiger partial charge in [0.05, 0.1) is 12.1 Å². The lowest BCUT2D eigenvalue weighted by Crippen LogP contribution is -2.52. The van der Waals surface area contributed by atoms with E-state index in [1.165, 1.54) is 18.2 Å². The number of carbonyl (C=O) groups excluding carboxylic acids is 3.